The number of nitrogens with one attached hydrogen (secondary N) is 2. The van der Waals surface area contributed by atoms with Crippen molar-refractivity contribution in [1.82, 2.24) is 29.5 Å². The lowest BCUT2D eigenvalue weighted by molar-refractivity contribution is 0.171. The highest BCUT2D eigenvalue weighted by atomic mass is 19.1. The van der Waals surface area contributed by atoms with Crippen LogP contribution in [0.1, 0.15) is 36.6 Å². The van der Waals surface area contributed by atoms with E-state index in [1.807, 2.05) is 22.7 Å². The summed E-state index contributed by atoms with van der Waals surface area (Å²) in [7, 11) is 0. The highest BCUT2D eigenvalue weighted by Gasteiger charge is 2.27. The maximum Gasteiger partial charge on any atom is 0.214 e. The van der Waals surface area contributed by atoms with E-state index in [9.17, 15) is 4.39 Å². The van der Waals surface area contributed by atoms with Gasteiger partial charge in [-0.25, -0.2) is 14.4 Å². The van der Waals surface area contributed by atoms with Gasteiger partial charge >= 0.3 is 0 Å². The summed E-state index contributed by atoms with van der Waals surface area (Å²) in [5, 5.41) is 10.6. The van der Waals surface area contributed by atoms with Gasteiger partial charge in [-0.05, 0) is 44.8 Å². The van der Waals surface area contributed by atoms with Crippen molar-refractivity contribution in [3.63, 3.8) is 0 Å². The van der Waals surface area contributed by atoms with Crippen molar-refractivity contribution in [2.75, 3.05) is 18.4 Å². The number of hydrogen-bond acceptors (Lipinski definition) is 5. The molecule has 4 heterocycles. The van der Waals surface area contributed by atoms with Crippen LogP contribution in [-0.4, -0.2) is 48.7 Å². The third-order valence-electron chi connectivity index (χ3n) is 5.23. The Morgan fingerprint density at radius 2 is 2.27 bits per heavy atom. The molecule has 0 bridgehead atoms. The number of nitrogens with zero attached hydrogens (tertiary/aromatic N) is 5. The first kappa shape index (κ1) is 15.7. The van der Waals surface area contributed by atoms with Crippen LogP contribution in [0.5, 0.6) is 0 Å². The molecule has 2 aliphatic rings. The molecule has 1 aliphatic carbocycles. The molecule has 26 heavy (non-hydrogen) atoms. The van der Waals surface area contributed by atoms with Gasteiger partial charge in [0.2, 0.25) is 5.95 Å². The summed E-state index contributed by atoms with van der Waals surface area (Å²) in [6, 6.07) is 3.84. The summed E-state index contributed by atoms with van der Waals surface area (Å²) in [6.45, 7) is 3.16. The van der Waals surface area contributed by atoms with Crippen molar-refractivity contribution in [2.24, 2.45) is 0 Å². The summed E-state index contributed by atoms with van der Waals surface area (Å²) in [5.74, 6) is 1.53. The van der Waals surface area contributed by atoms with Crippen LogP contribution in [0.2, 0.25) is 0 Å². The zero-order chi connectivity index (χ0) is 17.5. The van der Waals surface area contributed by atoms with Crippen molar-refractivity contribution >= 4 is 17.4 Å². The standard InChI is InChI=1S/C18H21FN7/c19-13-3-2-12(8-13)15-9-16(24-23-15)22-18-20-5-4-17-21-14(11-26(17)18)10-25-6-1-7-25/h3-5,9,11-13H,1-2,6-8,10H2,(H2,20,22,23,24)/t12-,13-/m1/s1. The third kappa shape index (κ3) is 2.94. The Hall–Kier alpha value is -2.48. The topological polar surface area (TPSA) is 74.1 Å². The number of fused-ring (bicyclic) bond motifs is 1. The lowest BCUT2D eigenvalue weighted by atomic mass is 10.0. The highest BCUT2D eigenvalue weighted by molar-refractivity contribution is 5.54. The Kier molecular flexibility index (Phi) is 3.85. The van der Waals surface area contributed by atoms with Crippen molar-refractivity contribution in [2.45, 2.75) is 37.9 Å². The van der Waals surface area contributed by atoms with Crippen LogP contribution >= 0.6 is 0 Å². The molecule has 8 heteroatoms. The van der Waals surface area contributed by atoms with E-state index in [4.69, 9.17) is 0 Å². The predicted molar refractivity (Wildman–Crippen MR) is 95.9 cm³/mol. The van der Waals surface area contributed by atoms with E-state index in [2.05, 4.69) is 30.4 Å². The van der Waals surface area contributed by atoms with Crippen molar-refractivity contribution in [1.29, 1.82) is 0 Å². The van der Waals surface area contributed by atoms with Gasteiger partial charge in [0, 0.05) is 36.6 Å². The van der Waals surface area contributed by atoms with Gasteiger partial charge in [0.25, 0.3) is 0 Å². The molecular weight excluding hydrogens is 333 g/mol. The second-order valence-corrected chi connectivity index (χ2v) is 7.11. The minimum absolute atomic E-state index is 0.174. The SMILES string of the molecule is F[C@@H]1[CH]C[C@@H](c2cc(Nc3nccc4nc(CN5CCC5)cn34)n[nH]2)C1. The van der Waals surface area contributed by atoms with Gasteiger partial charge in [0.1, 0.15) is 11.8 Å². The average Bonchev–Trinajstić information content (AvgIpc) is 3.30. The van der Waals surface area contributed by atoms with Gasteiger partial charge in [0.15, 0.2) is 5.82 Å². The number of alkyl halides is 1. The molecule has 5 rings (SSSR count). The van der Waals surface area contributed by atoms with Crippen molar-refractivity contribution in [3.8, 4) is 0 Å². The molecule has 0 aromatic carbocycles. The second-order valence-electron chi connectivity index (χ2n) is 7.11. The minimum Gasteiger partial charge on any atom is -0.308 e. The fourth-order valence-corrected chi connectivity index (χ4v) is 3.66. The molecule has 0 unspecified atom stereocenters. The number of aromatic amines is 1. The van der Waals surface area contributed by atoms with Crippen LogP contribution in [0.15, 0.2) is 24.5 Å². The zero-order valence-corrected chi connectivity index (χ0v) is 14.4. The monoisotopic (exact) mass is 354 g/mol. The van der Waals surface area contributed by atoms with Crippen LogP contribution in [-0.2, 0) is 6.54 Å². The lowest BCUT2D eigenvalue weighted by Gasteiger charge is -2.29. The molecule has 2 atom stereocenters. The molecule has 0 spiro atoms. The van der Waals surface area contributed by atoms with Gasteiger partial charge in [0.05, 0.1) is 5.69 Å². The Morgan fingerprint density at radius 3 is 3.04 bits per heavy atom. The Bertz CT molecular complexity index is 913. The molecule has 7 nitrogen and oxygen atoms in total. The van der Waals surface area contributed by atoms with Gasteiger partial charge in [-0.1, -0.05) is 0 Å². The van der Waals surface area contributed by atoms with Crippen LogP contribution < -0.4 is 5.32 Å². The average molecular weight is 354 g/mol. The minimum atomic E-state index is -0.814. The van der Waals surface area contributed by atoms with Gasteiger partial charge in [-0.2, -0.15) is 5.10 Å². The summed E-state index contributed by atoms with van der Waals surface area (Å²) in [4.78, 5) is 11.5. The molecule has 2 N–H and O–H groups in total. The number of H-pyrrole nitrogens is 1. The van der Waals surface area contributed by atoms with Crippen LogP contribution in [0.3, 0.4) is 0 Å². The molecule has 1 saturated heterocycles. The zero-order valence-electron chi connectivity index (χ0n) is 14.4. The highest BCUT2D eigenvalue weighted by Crippen LogP contribution is 2.35. The smallest absolute Gasteiger partial charge is 0.214 e. The maximum atomic E-state index is 13.4. The van der Waals surface area contributed by atoms with E-state index in [-0.39, 0.29) is 5.92 Å². The maximum absolute atomic E-state index is 13.4. The lowest BCUT2D eigenvalue weighted by Crippen LogP contribution is -2.36. The van der Waals surface area contributed by atoms with Gasteiger partial charge in [-0.15, -0.1) is 0 Å². The van der Waals surface area contributed by atoms with Crippen molar-refractivity contribution < 1.29 is 4.39 Å². The van der Waals surface area contributed by atoms with E-state index in [1.165, 1.54) is 6.42 Å². The summed E-state index contributed by atoms with van der Waals surface area (Å²) in [5.41, 5.74) is 2.86. The molecule has 1 saturated carbocycles. The number of halogens is 1. The van der Waals surface area contributed by atoms with E-state index < -0.39 is 6.17 Å². The van der Waals surface area contributed by atoms with Gasteiger partial charge < -0.3 is 5.32 Å². The normalized spacial score (nSPS) is 23.4. The third-order valence-corrected chi connectivity index (χ3v) is 5.23. The Balaban J connectivity index is 1.36. The Labute approximate surface area is 150 Å². The first-order chi connectivity index (χ1) is 12.7. The number of hydrogen-bond donors (Lipinski definition) is 2. The van der Waals surface area contributed by atoms with E-state index in [0.29, 0.717) is 18.2 Å². The number of rotatable bonds is 5. The first-order valence-corrected chi connectivity index (χ1v) is 9.10. The number of likely N-dealkylation sites (tertiary alicyclic amines) is 1. The van der Waals surface area contributed by atoms with Crippen LogP contribution in [0, 0.1) is 6.42 Å². The molecule has 3 aromatic heterocycles. The second kappa shape index (κ2) is 6.35. The molecule has 3 aromatic rings. The van der Waals surface area contributed by atoms with E-state index in [0.717, 1.165) is 43.1 Å². The van der Waals surface area contributed by atoms with Gasteiger partial charge in [-0.3, -0.25) is 14.4 Å². The van der Waals surface area contributed by atoms with E-state index >= 15 is 0 Å². The Morgan fingerprint density at radius 1 is 1.35 bits per heavy atom. The summed E-state index contributed by atoms with van der Waals surface area (Å²) < 4.78 is 15.3. The number of anilines is 2. The number of aromatic nitrogens is 5. The quantitative estimate of drug-likeness (QED) is 0.737. The predicted octanol–water partition coefficient (Wildman–Crippen LogP) is 2.82. The van der Waals surface area contributed by atoms with Crippen LogP contribution in [0.25, 0.3) is 5.65 Å². The molecule has 1 aliphatic heterocycles. The van der Waals surface area contributed by atoms with Crippen LogP contribution in [0.4, 0.5) is 16.2 Å². The molecular formula is C18H21FN7. The molecule has 0 amide bonds. The molecule has 1 radical (unpaired) electrons. The molecule has 135 valence electrons. The largest absolute Gasteiger partial charge is 0.308 e. The molecule has 2 fully saturated rings. The van der Waals surface area contributed by atoms with Crippen molar-refractivity contribution in [3.05, 3.63) is 42.3 Å². The van der Waals surface area contributed by atoms with E-state index in [1.54, 1.807) is 12.6 Å². The first-order valence-electron chi connectivity index (χ1n) is 9.10. The summed E-state index contributed by atoms with van der Waals surface area (Å²) in [6.07, 6.45) is 7.22. The fraction of sp³-hybridized carbons (Fsp3) is 0.444. The number of imidazole rings is 1. The fourth-order valence-electron chi connectivity index (χ4n) is 3.66. The summed E-state index contributed by atoms with van der Waals surface area (Å²) >= 11 is 0.